The molecule has 1 aliphatic rings. The molecule has 1 aliphatic heterocycles. The molecule has 0 aliphatic carbocycles. The van der Waals surface area contributed by atoms with E-state index < -0.39 is 0 Å². The first kappa shape index (κ1) is 15.8. The third-order valence-corrected chi connectivity index (χ3v) is 4.14. The van der Waals surface area contributed by atoms with Gasteiger partial charge in [-0.05, 0) is 53.4 Å². The molecule has 1 fully saturated rings. The number of carbonyl (C=O) groups excluding carboxylic acids is 1. The minimum atomic E-state index is -0.130. The molecule has 1 unspecified atom stereocenters. The van der Waals surface area contributed by atoms with Crippen molar-refractivity contribution in [3.63, 3.8) is 0 Å². The molecule has 1 saturated heterocycles. The van der Waals surface area contributed by atoms with E-state index in [4.69, 9.17) is 9.47 Å². The van der Waals surface area contributed by atoms with Gasteiger partial charge in [-0.3, -0.25) is 4.79 Å². The lowest BCUT2D eigenvalue weighted by atomic mass is 10.2. The van der Waals surface area contributed by atoms with Gasteiger partial charge in [0.2, 0.25) is 0 Å². The summed E-state index contributed by atoms with van der Waals surface area (Å²) in [6, 6.07) is 3.84. The van der Waals surface area contributed by atoms with E-state index in [0.29, 0.717) is 12.3 Å². The molecule has 1 aromatic carbocycles. The molecule has 1 aromatic rings. The highest BCUT2D eigenvalue weighted by Gasteiger charge is 2.16. The van der Waals surface area contributed by atoms with E-state index in [2.05, 4.69) is 37.2 Å². The predicted molar refractivity (Wildman–Crippen MR) is 84.1 cm³/mol. The van der Waals surface area contributed by atoms with Crippen molar-refractivity contribution in [3.05, 3.63) is 26.6 Å². The van der Waals surface area contributed by atoms with Crippen molar-refractivity contribution in [1.29, 1.82) is 0 Å². The summed E-state index contributed by atoms with van der Waals surface area (Å²) in [6.07, 6.45) is 2.24. The Morgan fingerprint density at radius 2 is 2.30 bits per heavy atom. The average molecular weight is 407 g/mol. The van der Waals surface area contributed by atoms with Crippen molar-refractivity contribution in [2.75, 3.05) is 19.8 Å². The Bertz CT molecular complexity index is 464. The van der Waals surface area contributed by atoms with Crippen LogP contribution in [0.5, 0.6) is 5.75 Å². The fraction of sp³-hybridized carbons (Fsp3) is 0.500. The Morgan fingerprint density at radius 3 is 2.95 bits per heavy atom. The first-order valence-corrected chi connectivity index (χ1v) is 8.11. The Kier molecular flexibility index (Phi) is 5.86. The van der Waals surface area contributed by atoms with Crippen molar-refractivity contribution >= 4 is 37.8 Å². The zero-order valence-corrected chi connectivity index (χ0v) is 14.4. The van der Waals surface area contributed by atoms with E-state index in [1.54, 1.807) is 0 Å². The SMILES string of the molecule is Cc1cc(Br)cc(Br)c1OCC(=O)NCC1CCCO1. The number of benzene rings is 1. The van der Waals surface area contributed by atoms with Crippen LogP contribution in [0.2, 0.25) is 0 Å². The van der Waals surface area contributed by atoms with Gasteiger partial charge in [0, 0.05) is 17.6 Å². The lowest BCUT2D eigenvalue weighted by molar-refractivity contribution is -0.123. The van der Waals surface area contributed by atoms with Crippen LogP contribution in [0, 0.1) is 6.92 Å². The van der Waals surface area contributed by atoms with E-state index in [1.165, 1.54) is 0 Å². The summed E-state index contributed by atoms with van der Waals surface area (Å²) in [5.74, 6) is 0.565. The first-order chi connectivity index (χ1) is 9.56. The molecule has 1 heterocycles. The zero-order valence-electron chi connectivity index (χ0n) is 11.2. The summed E-state index contributed by atoms with van der Waals surface area (Å²) in [4.78, 5) is 11.7. The summed E-state index contributed by atoms with van der Waals surface area (Å²) in [6.45, 7) is 3.30. The van der Waals surface area contributed by atoms with Gasteiger partial charge in [0.15, 0.2) is 6.61 Å². The second-order valence-corrected chi connectivity index (χ2v) is 6.53. The number of carbonyl (C=O) groups is 1. The maximum atomic E-state index is 11.7. The maximum absolute atomic E-state index is 11.7. The van der Waals surface area contributed by atoms with Crippen molar-refractivity contribution in [1.82, 2.24) is 5.32 Å². The molecule has 1 N–H and O–H groups in total. The lowest BCUT2D eigenvalue weighted by Gasteiger charge is -2.13. The van der Waals surface area contributed by atoms with Crippen LogP contribution in [0.4, 0.5) is 0 Å². The Hall–Kier alpha value is -0.590. The van der Waals surface area contributed by atoms with Crippen LogP contribution >= 0.6 is 31.9 Å². The molecule has 2 rings (SSSR count). The van der Waals surface area contributed by atoms with Gasteiger partial charge in [-0.2, -0.15) is 0 Å². The van der Waals surface area contributed by atoms with Gasteiger partial charge in [-0.15, -0.1) is 0 Å². The molecule has 0 radical (unpaired) electrons. The monoisotopic (exact) mass is 405 g/mol. The number of ether oxygens (including phenoxy) is 2. The Labute approximate surface area is 135 Å². The second kappa shape index (κ2) is 7.43. The quantitative estimate of drug-likeness (QED) is 0.816. The van der Waals surface area contributed by atoms with Crippen LogP contribution in [-0.4, -0.2) is 31.8 Å². The maximum Gasteiger partial charge on any atom is 0.258 e. The highest BCUT2D eigenvalue weighted by atomic mass is 79.9. The molecule has 0 aromatic heterocycles. The molecule has 1 atom stereocenters. The molecular formula is C14H17Br2NO3. The fourth-order valence-corrected chi connectivity index (χ4v) is 3.65. The van der Waals surface area contributed by atoms with Crippen LogP contribution in [0.25, 0.3) is 0 Å². The highest BCUT2D eigenvalue weighted by Crippen LogP contribution is 2.32. The standard InChI is InChI=1S/C14H17Br2NO3/c1-9-5-10(15)6-12(16)14(9)20-8-13(18)17-7-11-3-2-4-19-11/h5-6,11H,2-4,7-8H2,1H3,(H,17,18). The van der Waals surface area contributed by atoms with Gasteiger partial charge in [-0.1, -0.05) is 15.9 Å². The molecular weight excluding hydrogens is 390 g/mol. The fourth-order valence-electron chi connectivity index (χ4n) is 2.09. The third-order valence-electron chi connectivity index (χ3n) is 3.09. The van der Waals surface area contributed by atoms with Gasteiger partial charge in [0.1, 0.15) is 5.75 Å². The van der Waals surface area contributed by atoms with Crippen LogP contribution in [0.3, 0.4) is 0 Å². The predicted octanol–water partition coefficient (Wildman–Crippen LogP) is 3.19. The van der Waals surface area contributed by atoms with Gasteiger partial charge in [0.05, 0.1) is 10.6 Å². The number of amides is 1. The van der Waals surface area contributed by atoms with Gasteiger partial charge >= 0.3 is 0 Å². The summed E-state index contributed by atoms with van der Waals surface area (Å²) >= 11 is 6.85. The number of halogens is 2. The lowest BCUT2D eigenvalue weighted by Crippen LogP contribution is -2.35. The average Bonchev–Trinajstić information content (AvgIpc) is 2.88. The summed E-state index contributed by atoms with van der Waals surface area (Å²) in [5.41, 5.74) is 0.971. The number of hydrogen-bond acceptors (Lipinski definition) is 3. The number of hydrogen-bond donors (Lipinski definition) is 1. The van der Waals surface area contributed by atoms with Crippen LogP contribution in [-0.2, 0) is 9.53 Å². The van der Waals surface area contributed by atoms with E-state index in [1.807, 2.05) is 19.1 Å². The number of rotatable bonds is 5. The number of aryl methyl sites for hydroxylation is 1. The highest BCUT2D eigenvalue weighted by molar-refractivity contribution is 9.11. The van der Waals surface area contributed by atoms with Crippen LogP contribution < -0.4 is 10.1 Å². The second-order valence-electron chi connectivity index (χ2n) is 4.76. The van der Waals surface area contributed by atoms with Crippen molar-refractivity contribution in [3.8, 4) is 5.75 Å². The summed E-state index contributed by atoms with van der Waals surface area (Å²) in [7, 11) is 0. The molecule has 4 nitrogen and oxygen atoms in total. The molecule has 6 heteroatoms. The van der Waals surface area contributed by atoms with Crippen LogP contribution in [0.1, 0.15) is 18.4 Å². The first-order valence-electron chi connectivity index (χ1n) is 6.53. The molecule has 0 saturated carbocycles. The molecule has 110 valence electrons. The molecule has 20 heavy (non-hydrogen) atoms. The van der Waals surface area contributed by atoms with Crippen molar-refractivity contribution in [2.24, 2.45) is 0 Å². The van der Waals surface area contributed by atoms with Gasteiger partial charge < -0.3 is 14.8 Å². The number of nitrogens with one attached hydrogen (secondary N) is 1. The zero-order chi connectivity index (χ0) is 14.5. The van der Waals surface area contributed by atoms with E-state index >= 15 is 0 Å². The summed E-state index contributed by atoms with van der Waals surface area (Å²) < 4.78 is 12.8. The molecule has 0 spiro atoms. The minimum Gasteiger partial charge on any atom is -0.482 e. The van der Waals surface area contributed by atoms with Gasteiger partial charge in [-0.25, -0.2) is 0 Å². The Balaban J connectivity index is 1.81. The minimum absolute atomic E-state index is 0.00773. The van der Waals surface area contributed by atoms with Crippen LogP contribution in [0.15, 0.2) is 21.1 Å². The Morgan fingerprint density at radius 1 is 1.50 bits per heavy atom. The van der Waals surface area contributed by atoms with E-state index in [0.717, 1.165) is 34.0 Å². The smallest absolute Gasteiger partial charge is 0.258 e. The molecule has 0 bridgehead atoms. The normalized spacial score (nSPS) is 18.1. The largest absolute Gasteiger partial charge is 0.482 e. The van der Waals surface area contributed by atoms with E-state index in [9.17, 15) is 4.79 Å². The summed E-state index contributed by atoms with van der Waals surface area (Å²) in [5, 5.41) is 2.83. The third kappa shape index (κ3) is 4.46. The molecule has 1 amide bonds. The van der Waals surface area contributed by atoms with Gasteiger partial charge in [0.25, 0.3) is 5.91 Å². The topological polar surface area (TPSA) is 47.6 Å². The van der Waals surface area contributed by atoms with E-state index in [-0.39, 0.29) is 18.6 Å². The van der Waals surface area contributed by atoms with Crippen molar-refractivity contribution in [2.45, 2.75) is 25.9 Å². The van der Waals surface area contributed by atoms with Crippen molar-refractivity contribution < 1.29 is 14.3 Å².